The molecule has 1 aliphatic heterocycles. The van der Waals surface area contributed by atoms with E-state index in [1.54, 1.807) is 0 Å². The van der Waals surface area contributed by atoms with Crippen LogP contribution in [0.1, 0.15) is 49.3 Å². The average Bonchev–Trinajstić information content (AvgIpc) is 2.76. The number of aliphatic hydroxyl groups excluding tert-OH is 1. The zero-order valence-electron chi connectivity index (χ0n) is 10.8. The summed E-state index contributed by atoms with van der Waals surface area (Å²) < 4.78 is 0. The number of nitrogens with zero attached hydrogens (tertiary/aromatic N) is 1. The second-order valence-corrected chi connectivity index (χ2v) is 5.03. The lowest BCUT2D eigenvalue weighted by Gasteiger charge is -2.13. The van der Waals surface area contributed by atoms with E-state index in [0.29, 0.717) is 0 Å². The highest BCUT2D eigenvalue weighted by molar-refractivity contribution is 5.34. The lowest BCUT2D eigenvalue weighted by atomic mass is 10.1. The number of aliphatic hydroxyl groups is 1. The lowest BCUT2D eigenvalue weighted by molar-refractivity contribution is 0.275. The molecule has 0 amide bonds. The Labute approximate surface area is 104 Å². The van der Waals surface area contributed by atoms with E-state index in [4.69, 9.17) is 5.11 Å². The van der Waals surface area contributed by atoms with Gasteiger partial charge in [0, 0.05) is 13.1 Å². The molecule has 0 saturated carbocycles. The molecule has 0 aliphatic carbocycles. The Kier molecular flexibility index (Phi) is 4.57. The van der Waals surface area contributed by atoms with Gasteiger partial charge in [0.25, 0.3) is 0 Å². The zero-order chi connectivity index (χ0) is 12.1. The van der Waals surface area contributed by atoms with E-state index in [2.05, 4.69) is 24.0 Å². The number of benzene rings is 1. The van der Waals surface area contributed by atoms with Gasteiger partial charge in [-0.1, -0.05) is 44.4 Å². The van der Waals surface area contributed by atoms with Crippen LogP contribution in [0.3, 0.4) is 0 Å². The van der Waals surface area contributed by atoms with Gasteiger partial charge < -0.3 is 5.11 Å². The molecule has 0 fully saturated rings. The monoisotopic (exact) mass is 233 g/mol. The molecule has 0 aromatic heterocycles. The van der Waals surface area contributed by atoms with Gasteiger partial charge in [-0.05, 0) is 29.7 Å². The summed E-state index contributed by atoms with van der Waals surface area (Å²) in [5, 5.41) is 9.12. The summed E-state index contributed by atoms with van der Waals surface area (Å²) in [6.45, 7) is 5.78. The number of hydrogen-bond donors (Lipinski definition) is 1. The van der Waals surface area contributed by atoms with Crippen molar-refractivity contribution >= 4 is 0 Å². The van der Waals surface area contributed by atoms with Gasteiger partial charge in [0.1, 0.15) is 0 Å². The fourth-order valence-corrected chi connectivity index (χ4v) is 2.54. The van der Waals surface area contributed by atoms with Crippen LogP contribution in [-0.2, 0) is 19.7 Å². The molecule has 2 nitrogen and oxygen atoms in total. The van der Waals surface area contributed by atoms with E-state index in [1.165, 1.54) is 43.4 Å². The Morgan fingerprint density at radius 3 is 2.71 bits per heavy atom. The van der Waals surface area contributed by atoms with Gasteiger partial charge in [0.05, 0.1) is 6.61 Å². The molecule has 0 spiro atoms. The van der Waals surface area contributed by atoms with Crippen molar-refractivity contribution in [3.05, 3.63) is 34.9 Å². The maximum Gasteiger partial charge on any atom is 0.0681 e. The van der Waals surface area contributed by atoms with E-state index in [0.717, 1.165) is 18.7 Å². The molecule has 1 aromatic rings. The quantitative estimate of drug-likeness (QED) is 0.763. The van der Waals surface area contributed by atoms with Crippen molar-refractivity contribution in [3.8, 4) is 0 Å². The molecule has 0 saturated heterocycles. The number of unbranched alkanes of at least 4 members (excludes halogenated alkanes) is 3. The molecular weight excluding hydrogens is 210 g/mol. The molecule has 0 bridgehead atoms. The van der Waals surface area contributed by atoms with Crippen LogP contribution >= 0.6 is 0 Å². The molecule has 1 aromatic carbocycles. The minimum Gasteiger partial charge on any atom is -0.392 e. The Balaban J connectivity index is 1.84. The average molecular weight is 233 g/mol. The SMILES string of the molecule is CCCCCCN1Cc2ccc(CO)cc2C1. The highest BCUT2D eigenvalue weighted by Gasteiger charge is 2.18. The van der Waals surface area contributed by atoms with Crippen molar-refractivity contribution < 1.29 is 5.11 Å². The molecule has 0 radical (unpaired) electrons. The fraction of sp³-hybridized carbons (Fsp3) is 0.600. The first kappa shape index (κ1) is 12.6. The van der Waals surface area contributed by atoms with Gasteiger partial charge in [-0.2, -0.15) is 0 Å². The first-order valence-corrected chi connectivity index (χ1v) is 6.77. The van der Waals surface area contributed by atoms with Crippen LogP contribution in [0.25, 0.3) is 0 Å². The van der Waals surface area contributed by atoms with E-state index >= 15 is 0 Å². The second kappa shape index (κ2) is 6.18. The summed E-state index contributed by atoms with van der Waals surface area (Å²) in [4.78, 5) is 2.52. The Morgan fingerprint density at radius 1 is 1.12 bits per heavy atom. The molecule has 0 atom stereocenters. The maximum atomic E-state index is 9.12. The molecule has 1 N–H and O–H groups in total. The summed E-state index contributed by atoms with van der Waals surface area (Å²) in [6, 6.07) is 6.37. The van der Waals surface area contributed by atoms with E-state index in [1.807, 2.05) is 6.07 Å². The summed E-state index contributed by atoms with van der Waals surface area (Å²) >= 11 is 0. The summed E-state index contributed by atoms with van der Waals surface area (Å²) in [6.07, 6.45) is 5.33. The first-order chi connectivity index (χ1) is 8.33. The van der Waals surface area contributed by atoms with Crippen molar-refractivity contribution in [3.63, 3.8) is 0 Å². The third-order valence-electron chi connectivity index (χ3n) is 3.57. The molecule has 1 heterocycles. The molecular formula is C15H23NO. The van der Waals surface area contributed by atoms with Gasteiger partial charge in [-0.3, -0.25) is 4.90 Å². The normalized spacial score (nSPS) is 15.2. The van der Waals surface area contributed by atoms with Crippen LogP contribution in [0, 0.1) is 0 Å². The summed E-state index contributed by atoms with van der Waals surface area (Å²) in [5.74, 6) is 0. The third-order valence-corrected chi connectivity index (χ3v) is 3.57. The van der Waals surface area contributed by atoms with E-state index < -0.39 is 0 Å². The van der Waals surface area contributed by atoms with Gasteiger partial charge in [0.15, 0.2) is 0 Å². The van der Waals surface area contributed by atoms with Crippen molar-refractivity contribution in [1.82, 2.24) is 4.90 Å². The van der Waals surface area contributed by atoms with E-state index in [-0.39, 0.29) is 6.61 Å². The lowest BCUT2D eigenvalue weighted by Crippen LogP contribution is -2.17. The van der Waals surface area contributed by atoms with Crippen LogP contribution in [-0.4, -0.2) is 16.6 Å². The second-order valence-electron chi connectivity index (χ2n) is 5.03. The van der Waals surface area contributed by atoms with Crippen LogP contribution in [0.15, 0.2) is 18.2 Å². The minimum absolute atomic E-state index is 0.157. The fourth-order valence-electron chi connectivity index (χ4n) is 2.54. The highest BCUT2D eigenvalue weighted by atomic mass is 16.3. The molecule has 2 heteroatoms. The van der Waals surface area contributed by atoms with Crippen molar-refractivity contribution in [2.75, 3.05) is 6.54 Å². The third kappa shape index (κ3) is 3.30. The maximum absolute atomic E-state index is 9.12. The number of fused-ring (bicyclic) bond motifs is 1. The van der Waals surface area contributed by atoms with Crippen LogP contribution < -0.4 is 0 Å². The minimum atomic E-state index is 0.157. The highest BCUT2D eigenvalue weighted by Crippen LogP contribution is 2.24. The molecule has 2 rings (SSSR count). The van der Waals surface area contributed by atoms with E-state index in [9.17, 15) is 0 Å². The van der Waals surface area contributed by atoms with Gasteiger partial charge >= 0.3 is 0 Å². The molecule has 17 heavy (non-hydrogen) atoms. The summed E-state index contributed by atoms with van der Waals surface area (Å²) in [5.41, 5.74) is 3.89. The first-order valence-electron chi connectivity index (χ1n) is 6.77. The van der Waals surface area contributed by atoms with Crippen molar-refractivity contribution in [2.24, 2.45) is 0 Å². The molecule has 94 valence electrons. The Hall–Kier alpha value is -0.860. The van der Waals surface area contributed by atoms with Crippen LogP contribution in [0.5, 0.6) is 0 Å². The van der Waals surface area contributed by atoms with Gasteiger partial charge in [-0.25, -0.2) is 0 Å². The molecule has 0 unspecified atom stereocenters. The van der Waals surface area contributed by atoms with Gasteiger partial charge in [0.2, 0.25) is 0 Å². The Bertz CT molecular complexity index is 362. The molecule has 1 aliphatic rings. The predicted molar refractivity (Wildman–Crippen MR) is 70.6 cm³/mol. The largest absolute Gasteiger partial charge is 0.392 e. The van der Waals surface area contributed by atoms with Gasteiger partial charge in [-0.15, -0.1) is 0 Å². The standard InChI is InChI=1S/C15H23NO/c1-2-3-4-5-8-16-10-14-7-6-13(12-17)9-15(14)11-16/h6-7,9,17H,2-5,8,10-12H2,1H3. The Morgan fingerprint density at radius 2 is 1.94 bits per heavy atom. The number of hydrogen-bond acceptors (Lipinski definition) is 2. The number of rotatable bonds is 6. The predicted octanol–water partition coefficient (Wildman–Crippen LogP) is 3.07. The van der Waals surface area contributed by atoms with Crippen LogP contribution in [0.4, 0.5) is 0 Å². The summed E-state index contributed by atoms with van der Waals surface area (Å²) in [7, 11) is 0. The van der Waals surface area contributed by atoms with Crippen LogP contribution in [0.2, 0.25) is 0 Å². The zero-order valence-corrected chi connectivity index (χ0v) is 10.8. The van der Waals surface area contributed by atoms with Crippen molar-refractivity contribution in [1.29, 1.82) is 0 Å². The van der Waals surface area contributed by atoms with Crippen molar-refractivity contribution in [2.45, 2.75) is 52.3 Å². The smallest absolute Gasteiger partial charge is 0.0681 e. The topological polar surface area (TPSA) is 23.5 Å².